The lowest BCUT2D eigenvalue weighted by molar-refractivity contribution is -0.137. The summed E-state index contributed by atoms with van der Waals surface area (Å²) in [7, 11) is -3.80. The van der Waals surface area contributed by atoms with Crippen LogP contribution >= 0.6 is 0 Å². The van der Waals surface area contributed by atoms with Gasteiger partial charge in [0, 0.05) is 6.54 Å². The molecule has 0 saturated heterocycles. The van der Waals surface area contributed by atoms with Gasteiger partial charge >= 0.3 is 6.18 Å². The molecule has 0 bridgehead atoms. The molecule has 0 aliphatic rings. The third kappa shape index (κ3) is 3.85. The van der Waals surface area contributed by atoms with E-state index in [9.17, 15) is 21.6 Å². The maximum atomic E-state index is 12.3. The Morgan fingerprint density at radius 2 is 1.78 bits per heavy atom. The second kappa shape index (κ2) is 5.11. The van der Waals surface area contributed by atoms with Gasteiger partial charge in [-0.2, -0.15) is 13.2 Å². The van der Waals surface area contributed by atoms with Gasteiger partial charge in [-0.1, -0.05) is 12.2 Å². The first kappa shape index (κ1) is 14.7. The molecule has 18 heavy (non-hydrogen) atoms. The van der Waals surface area contributed by atoms with Crippen molar-refractivity contribution in [2.45, 2.75) is 18.0 Å². The number of hydrogen-bond donors (Lipinski definition) is 1. The molecule has 0 saturated carbocycles. The van der Waals surface area contributed by atoms with Crippen LogP contribution in [0.2, 0.25) is 0 Å². The van der Waals surface area contributed by atoms with Crippen molar-refractivity contribution in [2.24, 2.45) is 0 Å². The van der Waals surface area contributed by atoms with Crippen LogP contribution in [-0.2, 0) is 16.2 Å². The third-order valence-electron chi connectivity index (χ3n) is 2.06. The van der Waals surface area contributed by atoms with Crippen LogP contribution in [0.25, 0.3) is 0 Å². The molecule has 0 fully saturated rings. The Bertz CT molecular complexity index is 532. The van der Waals surface area contributed by atoms with E-state index in [1.165, 1.54) is 0 Å². The van der Waals surface area contributed by atoms with Crippen LogP contribution in [0.3, 0.4) is 0 Å². The van der Waals surface area contributed by atoms with Gasteiger partial charge in [0.25, 0.3) is 0 Å². The molecule has 1 aromatic rings. The number of halogens is 3. The van der Waals surface area contributed by atoms with Crippen molar-refractivity contribution in [1.29, 1.82) is 0 Å². The highest BCUT2D eigenvalue weighted by Gasteiger charge is 2.30. The van der Waals surface area contributed by atoms with E-state index in [0.29, 0.717) is 5.57 Å². The molecule has 7 heteroatoms. The van der Waals surface area contributed by atoms with Gasteiger partial charge in [-0.05, 0) is 31.2 Å². The molecule has 1 rings (SSSR count). The van der Waals surface area contributed by atoms with Gasteiger partial charge < -0.3 is 0 Å². The van der Waals surface area contributed by atoms with E-state index in [0.717, 1.165) is 24.3 Å². The first-order valence-corrected chi connectivity index (χ1v) is 6.42. The Labute approximate surface area is 103 Å². The van der Waals surface area contributed by atoms with Crippen LogP contribution in [0.5, 0.6) is 0 Å². The van der Waals surface area contributed by atoms with Gasteiger partial charge in [-0.3, -0.25) is 0 Å². The molecule has 0 atom stereocenters. The zero-order chi connectivity index (χ0) is 14.0. The predicted molar refractivity (Wildman–Crippen MR) is 61.4 cm³/mol. The monoisotopic (exact) mass is 279 g/mol. The molecule has 0 aliphatic carbocycles. The highest BCUT2D eigenvalue weighted by atomic mass is 32.2. The van der Waals surface area contributed by atoms with E-state index >= 15 is 0 Å². The molecule has 0 spiro atoms. The minimum absolute atomic E-state index is 0.0450. The van der Waals surface area contributed by atoms with Crippen LogP contribution in [0.1, 0.15) is 12.5 Å². The van der Waals surface area contributed by atoms with Crippen LogP contribution in [0, 0.1) is 0 Å². The van der Waals surface area contributed by atoms with Crippen molar-refractivity contribution in [3.05, 3.63) is 42.0 Å². The highest BCUT2D eigenvalue weighted by molar-refractivity contribution is 7.89. The van der Waals surface area contributed by atoms with Crippen molar-refractivity contribution in [3.8, 4) is 0 Å². The molecule has 0 aromatic heterocycles. The molecular formula is C11H12F3NO2S. The van der Waals surface area contributed by atoms with E-state index in [1.807, 2.05) is 0 Å². The van der Waals surface area contributed by atoms with Crippen molar-refractivity contribution in [3.63, 3.8) is 0 Å². The number of nitrogens with one attached hydrogen (secondary N) is 1. The van der Waals surface area contributed by atoms with E-state index in [-0.39, 0.29) is 11.4 Å². The maximum Gasteiger partial charge on any atom is 0.416 e. The van der Waals surface area contributed by atoms with Gasteiger partial charge in [0.15, 0.2) is 0 Å². The smallest absolute Gasteiger partial charge is 0.207 e. The Balaban J connectivity index is 2.95. The number of sulfonamides is 1. The summed E-state index contributed by atoms with van der Waals surface area (Å²) in [6.07, 6.45) is -4.48. The van der Waals surface area contributed by atoms with Crippen molar-refractivity contribution in [1.82, 2.24) is 4.72 Å². The lowest BCUT2D eigenvalue weighted by atomic mass is 10.2. The lowest BCUT2D eigenvalue weighted by Gasteiger charge is -2.09. The topological polar surface area (TPSA) is 46.2 Å². The van der Waals surface area contributed by atoms with E-state index in [4.69, 9.17) is 0 Å². The SMILES string of the molecule is C=C(C)CNS(=O)(=O)c1ccc(C(F)(F)F)cc1. The Morgan fingerprint density at radius 3 is 2.17 bits per heavy atom. The Hall–Kier alpha value is -1.34. The zero-order valence-corrected chi connectivity index (χ0v) is 10.4. The summed E-state index contributed by atoms with van der Waals surface area (Å²) in [4.78, 5) is -0.211. The Morgan fingerprint density at radius 1 is 1.28 bits per heavy atom. The maximum absolute atomic E-state index is 12.3. The molecule has 0 aliphatic heterocycles. The number of alkyl halides is 3. The number of benzene rings is 1. The molecular weight excluding hydrogens is 267 g/mol. The minimum Gasteiger partial charge on any atom is -0.207 e. The first-order valence-electron chi connectivity index (χ1n) is 4.94. The van der Waals surface area contributed by atoms with Crippen molar-refractivity contribution < 1.29 is 21.6 Å². The molecule has 0 unspecified atom stereocenters. The average molecular weight is 279 g/mol. The summed E-state index contributed by atoms with van der Waals surface area (Å²) in [5.41, 5.74) is -0.285. The molecule has 0 radical (unpaired) electrons. The summed E-state index contributed by atoms with van der Waals surface area (Å²) in [5.74, 6) is 0. The summed E-state index contributed by atoms with van der Waals surface area (Å²) >= 11 is 0. The minimum atomic E-state index is -4.48. The molecule has 0 amide bonds. The molecule has 3 nitrogen and oxygen atoms in total. The van der Waals surface area contributed by atoms with Gasteiger partial charge in [0.2, 0.25) is 10.0 Å². The molecule has 1 aromatic carbocycles. The molecule has 100 valence electrons. The fourth-order valence-electron chi connectivity index (χ4n) is 1.12. The summed E-state index contributed by atoms with van der Waals surface area (Å²) in [5, 5.41) is 0. The van der Waals surface area contributed by atoms with Crippen molar-refractivity contribution >= 4 is 10.0 Å². The number of rotatable bonds is 4. The van der Waals surface area contributed by atoms with Crippen LogP contribution < -0.4 is 4.72 Å². The third-order valence-corrected chi connectivity index (χ3v) is 3.47. The lowest BCUT2D eigenvalue weighted by Crippen LogP contribution is -2.25. The fraction of sp³-hybridized carbons (Fsp3) is 0.273. The van der Waals surface area contributed by atoms with Gasteiger partial charge in [0.05, 0.1) is 10.5 Å². The first-order chi connectivity index (χ1) is 8.13. The van der Waals surface area contributed by atoms with Crippen LogP contribution in [-0.4, -0.2) is 15.0 Å². The van der Waals surface area contributed by atoms with Gasteiger partial charge in [0.1, 0.15) is 0 Å². The average Bonchev–Trinajstić information content (AvgIpc) is 2.26. The second-order valence-electron chi connectivity index (χ2n) is 3.80. The Kier molecular flexibility index (Phi) is 4.18. The summed E-state index contributed by atoms with van der Waals surface area (Å²) < 4.78 is 62.4. The largest absolute Gasteiger partial charge is 0.416 e. The molecule has 0 heterocycles. The fourth-order valence-corrected chi connectivity index (χ4v) is 2.22. The van der Waals surface area contributed by atoms with Crippen molar-refractivity contribution in [2.75, 3.05) is 6.54 Å². The molecule has 1 N–H and O–H groups in total. The summed E-state index contributed by atoms with van der Waals surface area (Å²) in [6.45, 7) is 5.20. The van der Waals surface area contributed by atoms with E-state index < -0.39 is 21.8 Å². The predicted octanol–water partition coefficient (Wildman–Crippen LogP) is 2.56. The normalized spacial score (nSPS) is 12.4. The second-order valence-corrected chi connectivity index (χ2v) is 5.57. The number of hydrogen-bond acceptors (Lipinski definition) is 2. The highest BCUT2D eigenvalue weighted by Crippen LogP contribution is 2.29. The van der Waals surface area contributed by atoms with Gasteiger partial charge in [-0.25, -0.2) is 13.1 Å². The van der Waals surface area contributed by atoms with E-state index in [2.05, 4.69) is 11.3 Å². The standard InChI is InChI=1S/C11H12F3NO2S/c1-8(2)7-15-18(16,17)10-5-3-9(4-6-10)11(12,13)14/h3-6,15H,1,7H2,2H3. The van der Waals surface area contributed by atoms with Crippen LogP contribution in [0.15, 0.2) is 41.3 Å². The van der Waals surface area contributed by atoms with E-state index in [1.54, 1.807) is 6.92 Å². The van der Waals surface area contributed by atoms with Crippen LogP contribution in [0.4, 0.5) is 13.2 Å². The zero-order valence-electron chi connectivity index (χ0n) is 9.58. The summed E-state index contributed by atoms with van der Waals surface area (Å²) in [6, 6.07) is 3.30. The van der Waals surface area contributed by atoms with Gasteiger partial charge in [-0.15, -0.1) is 0 Å². The quantitative estimate of drug-likeness (QED) is 0.861.